The van der Waals surface area contributed by atoms with Crippen molar-refractivity contribution in [3.8, 4) is 0 Å². The van der Waals surface area contributed by atoms with E-state index in [0.29, 0.717) is 17.9 Å². The fourth-order valence-electron chi connectivity index (χ4n) is 10.2. The van der Waals surface area contributed by atoms with Crippen LogP contribution in [0, 0.1) is 34.5 Å². The Labute approximate surface area is 194 Å². The number of hydrogen-bond acceptors (Lipinski definition) is 5. The predicted octanol–water partition coefficient (Wildman–Crippen LogP) is 3.14. The molecule has 6 aliphatic rings. The van der Waals surface area contributed by atoms with Gasteiger partial charge in [0.25, 0.3) is 0 Å². The van der Waals surface area contributed by atoms with Crippen molar-refractivity contribution in [3.63, 3.8) is 0 Å². The first-order chi connectivity index (χ1) is 15.4. The average Bonchev–Trinajstić information content (AvgIpc) is 3.42. The smallest absolute Gasteiger partial charge is 0.0713 e. The van der Waals surface area contributed by atoms with Gasteiger partial charge in [0, 0.05) is 19.1 Å². The van der Waals surface area contributed by atoms with Gasteiger partial charge in [-0.3, -0.25) is 9.80 Å². The van der Waals surface area contributed by atoms with Crippen LogP contribution in [0.5, 0.6) is 0 Å². The first-order valence-corrected chi connectivity index (χ1v) is 13.9. The molecule has 0 aromatic heterocycles. The molecule has 5 heteroatoms. The number of aliphatic hydroxyl groups is 2. The van der Waals surface area contributed by atoms with Crippen LogP contribution < -0.4 is 0 Å². The minimum absolute atomic E-state index is 0.0948. The van der Waals surface area contributed by atoms with Crippen molar-refractivity contribution in [2.24, 2.45) is 34.5 Å². The topological polar surface area (TPSA) is 56.2 Å². The predicted molar refractivity (Wildman–Crippen MR) is 125 cm³/mol. The lowest BCUT2D eigenvalue weighted by Crippen LogP contribution is -2.72. The van der Waals surface area contributed by atoms with Gasteiger partial charge in [0.2, 0.25) is 0 Å². The molecule has 2 aliphatic heterocycles. The summed E-state index contributed by atoms with van der Waals surface area (Å²) in [7, 11) is 0. The molecule has 4 saturated carbocycles. The van der Waals surface area contributed by atoms with Gasteiger partial charge in [-0.2, -0.15) is 0 Å². The van der Waals surface area contributed by atoms with E-state index < -0.39 is 0 Å². The van der Waals surface area contributed by atoms with E-state index in [2.05, 4.69) is 23.6 Å². The Balaban J connectivity index is 1.39. The highest BCUT2D eigenvalue weighted by molar-refractivity contribution is 5.16. The molecule has 10 atom stereocenters. The van der Waals surface area contributed by atoms with E-state index in [9.17, 15) is 10.2 Å². The average molecular weight is 447 g/mol. The zero-order chi connectivity index (χ0) is 22.1. The quantitative estimate of drug-likeness (QED) is 0.683. The van der Waals surface area contributed by atoms with Crippen molar-refractivity contribution < 1.29 is 14.9 Å². The van der Waals surface area contributed by atoms with Gasteiger partial charge >= 0.3 is 0 Å². The van der Waals surface area contributed by atoms with Gasteiger partial charge < -0.3 is 14.9 Å². The van der Waals surface area contributed by atoms with E-state index in [0.717, 1.165) is 51.0 Å². The maximum atomic E-state index is 11.6. The maximum Gasteiger partial charge on any atom is 0.0713 e. The van der Waals surface area contributed by atoms with Gasteiger partial charge in [0.1, 0.15) is 0 Å². The van der Waals surface area contributed by atoms with Crippen molar-refractivity contribution in [1.82, 2.24) is 9.80 Å². The molecule has 2 N–H and O–H groups in total. The summed E-state index contributed by atoms with van der Waals surface area (Å²) >= 11 is 0. The summed E-state index contributed by atoms with van der Waals surface area (Å²) in [6, 6.07) is 0.708. The van der Waals surface area contributed by atoms with E-state index >= 15 is 0 Å². The van der Waals surface area contributed by atoms with Crippen LogP contribution in [0.1, 0.15) is 71.6 Å². The number of morpholine rings is 1. The Morgan fingerprint density at radius 3 is 2.31 bits per heavy atom. The standard InChI is InChI=1S/C27H46N2O3/c1-26-10-9-21-19(20(26)7-8-23(26)31)6-5-18-17-22(30)24(28-13-15-32-16-14-28)25(27(18,21)2)29-11-3-4-12-29/h18-25,30-31H,3-17H2,1-2H3/t18?,19-,20-,21+,22?,23?,24?,25?,26-,27-/m0/s1. The van der Waals surface area contributed by atoms with Crippen LogP contribution in [0.2, 0.25) is 0 Å². The van der Waals surface area contributed by atoms with Crippen LogP contribution in [-0.4, -0.2) is 83.7 Å². The molecule has 0 aromatic carbocycles. The lowest BCUT2D eigenvalue weighted by molar-refractivity contribution is -0.196. The second-order valence-corrected chi connectivity index (χ2v) is 12.8. The molecule has 32 heavy (non-hydrogen) atoms. The molecule has 6 fully saturated rings. The number of nitrogens with zero attached hydrogens (tertiary/aromatic N) is 2. The van der Waals surface area contributed by atoms with Crippen molar-refractivity contribution in [3.05, 3.63) is 0 Å². The van der Waals surface area contributed by atoms with Gasteiger partial charge in [-0.05, 0) is 105 Å². The molecule has 0 bridgehead atoms. The molecule has 5 unspecified atom stereocenters. The fraction of sp³-hybridized carbons (Fsp3) is 1.00. The molecular weight excluding hydrogens is 400 g/mol. The number of likely N-dealkylation sites (tertiary alicyclic amines) is 1. The van der Waals surface area contributed by atoms with Crippen molar-refractivity contribution in [1.29, 1.82) is 0 Å². The number of rotatable bonds is 2. The molecule has 182 valence electrons. The van der Waals surface area contributed by atoms with Gasteiger partial charge in [-0.25, -0.2) is 0 Å². The highest BCUT2D eigenvalue weighted by Gasteiger charge is 2.65. The van der Waals surface area contributed by atoms with Crippen LogP contribution in [0.15, 0.2) is 0 Å². The maximum absolute atomic E-state index is 11.6. The summed E-state index contributed by atoms with van der Waals surface area (Å²) in [4.78, 5) is 5.42. The summed E-state index contributed by atoms with van der Waals surface area (Å²) in [5.41, 5.74) is 0.412. The third-order valence-electron chi connectivity index (χ3n) is 11.8. The first kappa shape index (κ1) is 22.3. The van der Waals surface area contributed by atoms with E-state index in [1.54, 1.807) is 0 Å². The van der Waals surface area contributed by atoms with Gasteiger partial charge in [-0.1, -0.05) is 13.8 Å². The van der Waals surface area contributed by atoms with Crippen molar-refractivity contribution >= 4 is 0 Å². The molecule has 5 nitrogen and oxygen atoms in total. The summed E-state index contributed by atoms with van der Waals surface area (Å²) in [5, 5.41) is 22.5. The largest absolute Gasteiger partial charge is 0.393 e. The number of fused-ring (bicyclic) bond motifs is 5. The van der Waals surface area contributed by atoms with E-state index in [-0.39, 0.29) is 29.1 Å². The molecule has 0 aromatic rings. The van der Waals surface area contributed by atoms with Gasteiger partial charge in [0.05, 0.1) is 31.5 Å². The fourth-order valence-corrected chi connectivity index (χ4v) is 10.2. The van der Waals surface area contributed by atoms with Crippen LogP contribution in [0.25, 0.3) is 0 Å². The Morgan fingerprint density at radius 2 is 1.56 bits per heavy atom. The summed E-state index contributed by atoms with van der Waals surface area (Å²) in [6.07, 6.45) is 10.6. The van der Waals surface area contributed by atoms with Crippen LogP contribution in [0.3, 0.4) is 0 Å². The van der Waals surface area contributed by atoms with Crippen molar-refractivity contribution in [2.75, 3.05) is 39.4 Å². The molecule has 0 spiro atoms. The number of aliphatic hydroxyl groups excluding tert-OH is 2. The van der Waals surface area contributed by atoms with Gasteiger partial charge in [-0.15, -0.1) is 0 Å². The molecule has 4 aliphatic carbocycles. The second-order valence-electron chi connectivity index (χ2n) is 12.8. The lowest BCUT2D eigenvalue weighted by atomic mass is 9.43. The highest BCUT2D eigenvalue weighted by atomic mass is 16.5. The van der Waals surface area contributed by atoms with E-state index in [4.69, 9.17) is 4.74 Å². The third kappa shape index (κ3) is 3.13. The van der Waals surface area contributed by atoms with E-state index in [1.807, 2.05) is 0 Å². The first-order valence-electron chi connectivity index (χ1n) is 13.9. The summed E-state index contributed by atoms with van der Waals surface area (Å²) in [5.74, 6) is 2.84. The minimum atomic E-state index is -0.213. The Kier molecular flexibility index (Phi) is 5.70. The Bertz CT molecular complexity index is 692. The lowest BCUT2D eigenvalue weighted by Gasteiger charge is -2.66. The van der Waals surface area contributed by atoms with Crippen molar-refractivity contribution in [2.45, 2.75) is 95.9 Å². The molecule has 0 amide bonds. The highest BCUT2D eigenvalue weighted by Crippen LogP contribution is 2.67. The monoisotopic (exact) mass is 446 g/mol. The zero-order valence-corrected chi connectivity index (χ0v) is 20.4. The normalized spacial score (nSPS) is 54.8. The third-order valence-corrected chi connectivity index (χ3v) is 11.8. The molecular formula is C27H46N2O3. The van der Waals surface area contributed by atoms with Crippen LogP contribution in [-0.2, 0) is 4.74 Å². The molecule has 0 radical (unpaired) electrons. The number of hydrogen-bond donors (Lipinski definition) is 2. The molecule has 6 rings (SSSR count). The number of ether oxygens (including phenoxy) is 1. The minimum Gasteiger partial charge on any atom is -0.393 e. The summed E-state index contributed by atoms with van der Waals surface area (Å²) in [6.45, 7) is 11.0. The summed E-state index contributed by atoms with van der Waals surface area (Å²) < 4.78 is 5.71. The Hall–Kier alpha value is -0.200. The molecule has 2 saturated heterocycles. The second kappa shape index (κ2) is 8.19. The van der Waals surface area contributed by atoms with Crippen LogP contribution in [0.4, 0.5) is 0 Å². The van der Waals surface area contributed by atoms with Gasteiger partial charge in [0.15, 0.2) is 0 Å². The zero-order valence-electron chi connectivity index (χ0n) is 20.4. The Morgan fingerprint density at radius 1 is 0.812 bits per heavy atom. The van der Waals surface area contributed by atoms with E-state index in [1.165, 1.54) is 58.0 Å². The van der Waals surface area contributed by atoms with Crippen LogP contribution >= 0.6 is 0 Å². The molecule has 2 heterocycles. The SMILES string of the molecule is C[C@]12C(CC[C@@H]3[C@H]1CC[C@]1(C)C(O)CC[C@@H]31)CC(O)C(N1CCOCC1)C2N1CCCC1.